The van der Waals surface area contributed by atoms with Crippen LogP contribution in [0.4, 0.5) is 0 Å². The topological polar surface area (TPSA) is 61.6 Å². The number of ether oxygens (including phenoxy) is 2. The highest BCUT2D eigenvalue weighted by Gasteiger charge is 2.14. The largest absolute Gasteiger partial charge is 0.496 e. The Hall–Kier alpha value is -2.04. The molecule has 0 fully saturated rings. The molecular weight excluding hydrogens is 294 g/mol. The van der Waals surface area contributed by atoms with Crippen molar-refractivity contribution in [1.29, 1.82) is 0 Å². The van der Waals surface area contributed by atoms with E-state index in [0.29, 0.717) is 17.7 Å². The zero-order chi connectivity index (χ0) is 17.2. The Balaban J connectivity index is 3.12. The van der Waals surface area contributed by atoms with Gasteiger partial charge in [0, 0.05) is 18.1 Å². The molecule has 0 amide bonds. The van der Waals surface area contributed by atoms with Crippen LogP contribution in [0.5, 0.6) is 11.5 Å². The van der Waals surface area contributed by atoms with Crippen molar-refractivity contribution in [1.82, 2.24) is 0 Å². The molecule has 128 valence electrons. The molecule has 0 saturated heterocycles. The molecule has 0 saturated carbocycles. The Morgan fingerprint density at radius 1 is 1.13 bits per heavy atom. The average Bonchev–Trinajstić information content (AvgIpc) is 2.56. The van der Waals surface area contributed by atoms with Crippen LogP contribution in [0.25, 0.3) is 6.08 Å². The molecule has 0 unspecified atom stereocenters. The summed E-state index contributed by atoms with van der Waals surface area (Å²) in [6.45, 7) is 3.95. The third kappa shape index (κ3) is 5.58. The zero-order valence-corrected chi connectivity index (χ0v) is 14.6. The fourth-order valence-corrected chi connectivity index (χ4v) is 2.50. The van der Waals surface area contributed by atoms with Crippen molar-refractivity contribution < 1.29 is 14.4 Å². The number of allylic oxidation sites excluding steroid dienone is 1. The first-order valence-corrected chi connectivity index (χ1v) is 8.17. The number of unbranched alkanes of at least 4 members (excludes halogenated alkanes) is 3. The summed E-state index contributed by atoms with van der Waals surface area (Å²) in [4.78, 5) is 10.7. The highest BCUT2D eigenvalue weighted by molar-refractivity contribution is 5.62. The third-order valence-corrected chi connectivity index (χ3v) is 3.85. The van der Waals surface area contributed by atoms with E-state index in [1.807, 2.05) is 12.1 Å². The van der Waals surface area contributed by atoms with Crippen molar-refractivity contribution in [3.05, 3.63) is 39.1 Å². The van der Waals surface area contributed by atoms with Gasteiger partial charge in [-0.15, -0.1) is 0 Å². The second-order valence-corrected chi connectivity index (χ2v) is 5.46. The van der Waals surface area contributed by atoms with Gasteiger partial charge in [-0.2, -0.15) is 0 Å². The molecule has 0 aliphatic heterocycles. The van der Waals surface area contributed by atoms with E-state index in [0.717, 1.165) is 24.2 Å². The first kappa shape index (κ1) is 19.0. The molecule has 5 heteroatoms. The number of rotatable bonds is 10. The molecule has 5 nitrogen and oxygen atoms in total. The molecule has 0 bridgehead atoms. The van der Waals surface area contributed by atoms with Gasteiger partial charge in [0.25, 0.3) is 0 Å². The van der Waals surface area contributed by atoms with Crippen LogP contribution in [0, 0.1) is 10.1 Å². The van der Waals surface area contributed by atoms with Crippen LogP contribution < -0.4 is 9.47 Å². The molecule has 0 N–H and O–H groups in total. The standard InChI is InChI=1S/C18H27NO4/c1-5-7-8-9-10-14-12-18(23-4)15(13-17(14)22-3)11-16(6-2)19(20)21/h11-13H,5-10H2,1-4H3/b16-11+. The lowest BCUT2D eigenvalue weighted by Gasteiger charge is -2.13. The summed E-state index contributed by atoms with van der Waals surface area (Å²) >= 11 is 0. The van der Waals surface area contributed by atoms with Crippen molar-refractivity contribution in [3.8, 4) is 11.5 Å². The molecule has 0 radical (unpaired) electrons. The van der Waals surface area contributed by atoms with Crippen LogP contribution in [-0.2, 0) is 6.42 Å². The molecule has 23 heavy (non-hydrogen) atoms. The smallest absolute Gasteiger partial charge is 0.246 e. The fraction of sp³-hybridized carbons (Fsp3) is 0.556. The lowest BCUT2D eigenvalue weighted by atomic mass is 10.0. The van der Waals surface area contributed by atoms with Crippen molar-refractivity contribution in [2.24, 2.45) is 0 Å². The van der Waals surface area contributed by atoms with E-state index in [2.05, 4.69) is 6.92 Å². The van der Waals surface area contributed by atoms with E-state index in [1.54, 1.807) is 27.2 Å². The van der Waals surface area contributed by atoms with Crippen molar-refractivity contribution in [2.75, 3.05) is 14.2 Å². The van der Waals surface area contributed by atoms with Crippen LogP contribution >= 0.6 is 0 Å². The van der Waals surface area contributed by atoms with Gasteiger partial charge in [-0.25, -0.2) is 0 Å². The summed E-state index contributed by atoms with van der Waals surface area (Å²) in [6.07, 6.45) is 7.54. The van der Waals surface area contributed by atoms with Gasteiger partial charge in [0.2, 0.25) is 5.70 Å². The predicted molar refractivity (Wildman–Crippen MR) is 92.7 cm³/mol. The molecule has 0 heterocycles. The molecule has 1 aromatic carbocycles. The predicted octanol–water partition coefficient (Wildman–Crippen LogP) is 4.85. The number of nitrogens with zero attached hydrogens (tertiary/aromatic N) is 1. The minimum absolute atomic E-state index is 0.154. The Morgan fingerprint density at radius 2 is 1.83 bits per heavy atom. The Bertz CT molecular complexity index is 552. The maximum absolute atomic E-state index is 11.0. The fourth-order valence-electron chi connectivity index (χ4n) is 2.50. The highest BCUT2D eigenvalue weighted by atomic mass is 16.6. The first-order valence-electron chi connectivity index (χ1n) is 8.17. The molecule has 0 aliphatic carbocycles. The number of nitro groups is 1. The molecule has 0 aliphatic rings. The third-order valence-electron chi connectivity index (χ3n) is 3.85. The molecule has 0 atom stereocenters. The summed E-state index contributed by atoms with van der Waals surface area (Å²) in [5, 5.41) is 11.0. The van der Waals surface area contributed by atoms with Gasteiger partial charge in [0.05, 0.1) is 19.1 Å². The number of hydrogen-bond donors (Lipinski definition) is 0. The highest BCUT2D eigenvalue weighted by Crippen LogP contribution is 2.32. The molecule has 1 rings (SSSR count). The van der Waals surface area contributed by atoms with Gasteiger partial charge in [-0.1, -0.05) is 33.1 Å². The minimum atomic E-state index is -0.357. The quantitative estimate of drug-likeness (QED) is 0.351. The summed E-state index contributed by atoms with van der Waals surface area (Å²) in [7, 11) is 3.21. The van der Waals surface area contributed by atoms with Crippen LogP contribution in [0.15, 0.2) is 17.8 Å². The number of benzene rings is 1. The van der Waals surface area contributed by atoms with Crippen LogP contribution in [0.3, 0.4) is 0 Å². The summed E-state index contributed by atoms with van der Waals surface area (Å²) in [6, 6.07) is 3.76. The lowest BCUT2D eigenvalue weighted by molar-refractivity contribution is -0.425. The van der Waals surface area contributed by atoms with E-state index in [4.69, 9.17) is 9.47 Å². The van der Waals surface area contributed by atoms with E-state index in [-0.39, 0.29) is 10.6 Å². The molecule has 0 spiro atoms. The zero-order valence-electron chi connectivity index (χ0n) is 14.6. The second kappa shape index (κ2) is 9.87. The van der Waals surface area contributed by atoms with Crippen LogP contribution in [-0.4, -0.2) is 19.1 Å². The van der Waals surface area contributed by atoms with Crippen LogP contribution in [0.1, 0.15) is 57.1 Å². The van der Waals surface area contributed by atoms with Crippen molar-refractivity contribution in [3.63, 3.8) is 0 Å². The van der Waals surface area contributed by atoms with Gasteiger partial charge in [-0.3, -0.25) is 10.1 Å². The van der Waals surface area contributed by atoms with Crippen LogP contribution in [0.2, 0.25) is 0 Å². The van der Waals surface area contributed by atoms with E-state index in [9.17, 15) is 10.1 Å². The molecular formula is C18H27NO4. The Kier molecular flexibility index (Phi) is 8.16. The number of hydrogen-bond acceptors (Lipinski definition) is 4. The van der Waals surface area contributed by atoms with E-state index >= 15 is 0 Å². The number of methoxy groups -OCH3 is 2. The lowest BCUT2D eigenvalue weighted by Crippen LogP contribution is -2.00. The SMILES string of the molecule is CCCCCCc1cc(OC)c(/C=C(\CC)[N+](=O)[O-])cc1OC. The summed E-state index contributed by atoms with van der Waals surface area (Å²) in [5.41, 5.74) is 1.91. The van der Waals surface area contributed by atoms with Crippen molar-refractivity contribution >= 4 is 6.08 Å². The summed E-state index contributed by atoms with van der Waals surface area (Å²) in [5.74, 6) is 1.40. The van der Waals surface area contributed by atoms with E-state index < -0.39 is 0 Å². The monoisotopic (exact) mass is 321 g/mol. The van der Waals surface area contributed by atoms with Crippen molar-refractivity contribution in [2.45, 2.75) is 52.4 Å². The Labute approximate surface area is 138 Å². The average molecular weight is 321 g/mol. The summed E-state index contributed by atoms with van der Waals surface area (Å²) < 4.78 is 10.9. The second-order valence-electron chi connectivity index (χ2n) is 5.46. The first-order chi connectivity index (χ1) is 11.1. The van der Waals surface area contributed by atoms with E-state index in [1.165, 1.54) is 19.3 Å². The van der Waals surface area contributed by atoms with Gasteiger partial charge >= 0.3 is 0 Å². The Morgan fingerprint density at radius 3 is 2.35 bits per heavy atom. The van der Waals surface area contributed by atoms with Gasteiger partial charge in [0.15, 0.2) is 0 Å². The van der Waals surface area contributed by atoms with Gasteiger partial charge < -0.3 is 9.47 Å². The normalized spacial score (nSPS) is 11.4. The number of aryl methyl sites for hydroxylation is 1. The molecule has 1 aromatic rings. The van der Waals surface area contributed by atoms with Gasteiger partial charge in [-0.05, 0) is 30.5 Å². The minimum Gasteiger partial charge on any atom is -0.496 e. The van der Waals surface area contributed by atoms with Gasteiger partial charge in [0.1, 0.15) is 11.5 Å². The maximum Gasteiger partial charge on any atom is 0.246 e. The molecule has 0 aromatic heterocycles. The maximum atomic E-state index is 11.0.